The first-order valence-electron chi connectivity index (χ1n) is 4.09. The molecule has 0 radical (unpaired) electrons. The molecule has 1 aromatic carbocycles. The van der Waals surface area contributed by atoms with Gasteiger partial charge in [0.25, 0.3) is 5.69 Å². The smallest absolute Gasteiger partial charge is 0.298 e. The third kappa shape index (κ3) is 3.15. The van der Waals surface area contributed by atoms with Gasteiger partial charge in [-0.1, -0.05) is 0 Å². The van der Waals surface area contributed by atoms with Gasteiger partial charge in [0.05, 0.1) is 10.6 Å². The van der Waals surface area contributed by atoms with Crippen LogP contribution in [0.4, 0.5) is 20.2 Å². The molecule has 0 unspecified atom stereocenters. The van der Waals surface area contributed by atoms with E-state index in [1.165, 1.54) is 24.3 Å². The number of nitro groups is 1. The van der Waals surface area contributed by atoms with E-state index in [1.807, 2.05) is 0 Å². The van der Waals surface area contributed by atoms with Crippen molar-refractivity contribution in [3.05, 3.63) is 34.4 Å². The standard InChI is InChI=1S/C8H7F2N3O3/c9-7(10)8(14)12-11-5-1-3-6(4-2-5)13(15)16/h1-4,7,11H,(H,12,14). The summed E-state index contributed by atoms with van der Waals surface area (Å²) in [5.41, 5.74) is 4.06. The fourth-order valence-corrected chi connectivity index (χ4v) is 0.855. The summed E-state index contributed by atoms with van der Waals surface area (Å²) in [6, 6.07) is 4.92. The first kappa shape index (κ1) is 11.8. The predicted molar refractivity (Wildman–Crippen MR) is 50.9 cm³/mol. The lowest BCUT2D eigenvalue weighted by Gasteiger charge is -2.06. The van der Waals surface area contributed by atoms with Gasteiger partial charge in [-0.25, -0.2) is 0 Å². The van der Waals surface area contributed by atoms with Crippen LogP contribution in [0.5, 0.6) is 0 Å². The molecule has 8 heteroatoms. The molecular weight excluding hydrogens is 224 g/mol. The van der Waals surface area contributed by atoms with Crippen LogP contribution in [-0.4, -0.2) is 17.3 Å². The molecule has 2 N–H and O–H groups in total. The lowest BCUT2D eigenvalue weighted by Crippen LogP contribution is -2.34. The molecule has 16 heavy (non-hydrogen) atoms. The van der Waals surface area contributed by atoms with Crippen molar-refractivity contribution in [1.29, 1.82) is 0 Å². The number of carbonyl (C=O) groups excluding carboxylic acids is 1. The number of halogens is 2. The Kier molecular flexibility index (Phi) is 3.70. The van der Waals surface area contributed by atoms with Crippen molar-refractivity contribution in [2.45, 2.75) is 6.43 Å². The van der Waals surface area contributed by atoms with E-state index in [9.17, 15) is 23.7 Å². The zero-order chi connectivity index (χ0) is 12.1. The largest absolute Gasteiger partial charge is 0.317 e. The fraction of sp³-hybridized carbons (Fsp3) is 0.125. The first-order valence-corrected chi connectivity index (χ1v) is 4.09. The van der Waals surface area contributed by atoms with Crippen LogP contribution >= 0.6 is 0 Å². The van der Waals surface area contributed by atoms with Crippen molar-refractivity contribution in [3.63, 3.8) is 0 Å². The van der Waals surface area contributed by atoms with Crippen molar-refractivity contribution in [2.75, 3.05) is 5.43 Å². The number of amides is 1. The maximum absolute atomic E-state index is 11.8. The molecule has 6 nitrogen and oxygen atoms in total. The highest BCUT2D eigenvalue weighted by Crippen LogP contribution is 2.14. The number of rotatable bonds is 4. The van der Waals surface area contributed by atoms with Crippen LogP contribution in [0, 0.1) is 10.1 Å². The molecule has 1 rings (SSSR count). The highest BCUT2D eigenvalue weighted by atomic mass is 19.3. The number of anilines is 1. The van der Waals surface area contributed by atoms with Gasteiger partial charge in [-0.2, -0.15) is 8.78 Å². The molecule has 0 spiro atoms. The number of hydrogen-bond donors (Lipinski definition) is 2. The van der Waals surface area contributed by atoms with Gasteiger partial charge in [0, 0.05) is 12.1 Å². The second-order valence-corrected chi connectivity index (χ2v) is 2.72. The molecule has 0 aliphatic heterocycles. The predicted octanol–water partition coefficient (Wildman–Crippen LogP) is 1.30. The van der Waals surface area contributed by atoms with E-state index in [2.05, 4.69) is 5.43 Å². The van der Waals surface area contributed by atoms with Crippen LogP contribution in [-0.2, 0) is 4.79 Å². The number of carbonyl (C=O) groups is 1. The minimum atomic E-state index is -3.12. The van der Waals surface area contributed by atoms with Gasteiger partial charge in [0.1, 0.15) is 0 Å². The van der Waals surface area contributed by atoms with Crippen molar-refractivity contribution < 1.29 is 18.5 Å². The van der Waals surface area contributed by atoms with Crippen molar-refractivity contribution >= 4 is 17.3 Å². The SMILES string of the molecule is O=C(NNc1ccc([N+](=O)[O-])cc1)C(F)F. The van der Waals surface area contributed by atoms with E-state index in [-0.39, 0.29) is 11.4 Å². The van der Waals surface area contributed by atoms with E-state index in [1.54, 1.807) is 5.43 Å². The zero-order valence-electron chi connectivity index (χ0n) is 7.81. The number of non-ortho nitro benzene ring substituents is 1. The summed E-state index contributed by atoms with van der Waals surface area (Å²) in [4.78, 5) is 20.1. The molecule has 0 aromatic heterocycles. The van der Waals surface area contributed by atoms with Gasteiger partial charge in [-0.3, -0.25) is 25.8 Å². The molecule has 86 valence electrons. The van der Waals surface area contributed by atoms with E-state index in [4.69, 9.17) is 0 Å². The Morgan fingerprint density at radius 3 is 2.31 bits per heavy atom. The van der Waals surface area contributed by atoms with Gasteiger partial charge < -0.3 is 0 Å². The minimum absolute atomic E-state index is 0.134. The van der Waals surface area contributed by atoms with Crippen LogP contribution in [0.25, 0.3) is 0 Å². The van der Waals surface area contributed by atoms with E-state index in [0.717, 1.165) is 0 Å². The Hall–Kier alpha value is -2.25. The molecular formula is C8H7F2N3O3. The minimum Gasteiger partial charge on any atom is -0.298 e. The van der Waals surface area contributed by atoms with Crippen molar-refractivity contribution in [2.24, 2.45) is 0 Å². The van der Waals surface area contributed by atoms with Crippen molar-refractivity contribution in [1.82, 2.24) is 5.43 Å². The number of nitrogens with zero attached hydrogens (tertiary/aromatic N) is 1. The monoisotopic (exact) mass is 231 g/mol. The molecule has 1 aromatic rings. The van der Waals surface area contributed by atoms with Crippen LogP contribution in [0.3, 0.4) is 0 Å². The maximum atomic E-state index is 11.8. The molecule has 1 amide bonds. The maximum Gasteiger partial charge on any atom is 0.317 e. The third-order valence-corrected chi connectivity index (χ3v) is 1.61. The average Bonchev–Trinajstić information content (AvgIpc) is 2.26. The number of benzene rings is 1. The second kappa shape index (κ2) is 5.01. The Morgan fingerprint density at radius 1 is 1.31 bits per heavy atom. The van der Waals surface area contributed by atoms with E-state index < -0.39 is 17.3 Å². The van der Waals surface area contributed by atoms with Gasteiger partial charge >= 0.3 is 12.3 Å². The van der Waals surface area contributed by atoms with Gasteiger partial charge in [0.15, 0.2) is 0 Å². The summed E-state index contributed by atoms with van der Waals surface area (Å²) in [5.74, 6) is -1.47. The quantitative estimate of drug-likeness (QED) is 0.604. The lowest BCUT2D eigenvalue weighted by atomic mass is 10.3. The van der Waals surface area contributed by atoms with Crippen LogP contribution in [0.1, 0.15) is 0 Å². The zero-order valence-corrected chi connectivity index (χ0v) is 7.81. The Bertz CT molecular complexity index is 394. The Morgan fingerprint density at radius 2 is 1.88 bits per heavy atom. The molecule has 0 saturated carbocycles. The molecule has 0 bridgehead atoms. The number of nitrogens with one attached hydrogen (secondary N) is 2. The number of hydrogen-bond acceptors (Lipinski definition) is 4. The van der Waals surface area contributed by atoms with Gasteiger partial charge in [-0.15, -0.1) is 0 Å². The molecule has 0 aliphatic rings. The van der Waals surface area contributed by atoms with Crippen molar-refractivity contribution in [3.8, 4) is 0 Å². The van der Waals surface area contributed by atoms with Gasteiger partial charge in [-0.05, 0) is 12.1 Å². The Balaban J connectivity index is 2.56. The molecule has 0 aliphatic carbocycles. The number of nitro benzene ring substituents is 1. The summed E-state index contributed by atoms with van der Waals surface area (Å²) in [6.07, 6.45) is -3.12. The number of alkyl halides is 2. The lowest BCUT2D eigenvalue weighted by molar-refractivity contribution is -0.384. The van der Waals surface area contributed by atoms with E-state index >= 15 is 0 Å². The third-order valence-electron chi connectivity index (χ3n) is 1.61. The van der Waals surface area contributed by atoms with Crippen LogP contribution in [0.15, 0.2) is 24.3 Å². The topological polar surface area (TPSA) is 84.3 Å². The summed E-state index contributed by atoms with van der Waals surface area (Å²) in [7, 11) is 0. The first-order chi connectivity index (χ1) is 7.50. The average molecular weight is 231 g/mol. The number of hydrazine groups is 1. The second-order valence-electron chi connectivity index (χ2n) is 2.72. The highest BCUT2D eigenvalue weighted by molar-refractivity contribution is 5.80. The fourth-order valence-electron chi connectivity index (χ4n) is 0.855. The summed E-state index contributed by atoms with van der Waals surface area (Å²) in [6.45, 7) is 0. The summed E-state index contributed by atoms with van der Waals surface area (Å²) >= 11 is 0. The normalized spacial score (nSPS) is 9.94. The van der Waals surface area contributed by atoms with E-state index in [0.29, 0.717) is 0 Å². The molecule has 0 atom stereocenters. The van der Waals surface area contributed by atoms with Gasteiger partial charge in [0.2, 0.25) is 0 Å². The highest BCUT2D eigenvalue weighted by Gasteiger charge is 2.14. The molecule has 0 saturated heterocycles. The summed E-state index contributed by atoms with van der Waals surface area (Å²) in [5, 5.41) is 10.3. The summed E-state index contributed by atoms with van der Waals surface area (Å²) < 4.78 is 23.5. The Labute approximate surface area is 88.4 Å². The molecule has 0 heterocycles. The van der Waals surface area contributed by atoms with Crippen LogP contribution < -0.4 is 10.9 Å². The molecule has 0 fully saturated rings. The van der Waals surface area contributed by atoms with Crippen LogP contribution in [0.2, 0.25) is 0 Å².